The molecular weight excluding hydrogens is 405 g/mol. The summed E-state index contributed by atoms with van der Waals surface area (Å²) in [6, 6.07) is 11.0. The quantitative estimate of drug-likeness (QED) is 0.505. The van der Waals surface area contributed by atoms with E-state index in [1.165, 1.54) is 60.7 Å². The lowest BCUT2D eigenvalue weighted by atomic mass is 10.2. The van der Waals surface area contributed by atoms with E-state index in [1.807, 2.05) is 4.72 Å². The van der Waals surface area contributed by atoms with Gasteiger partial charge in [-0.2, -0.15) is 0 Å². The topological polar surface area (TPSA) is 104 Å². The molecule has 0 saturated carbocycles. The van der Waals surface area contributed by atoms with Gasteiger partial charge in [0.25, 0.3) is 10.0 Å². The summed E-state index contributed by atoms with van der Waals surface area (Å²) >= 11 is 5.02. The molecule has 10 heteroatoms. The van der Waals surface area contributed by atoms with E-state index in [1.54, 1.807) is 0 Å². The van der Waals surface area contributed by atoms with Crippen LogP contribution >= 0.6 is 12.2 Å². The van der Waals surface area contributed by atoms with Crippen molar-refractivity contribution >= 4 is 50.9 Å². The minimum Gasteiger partial charge on any atom is -0.332 e. The predicted octanol–water partition coefficient (Wildman–Crippen LogP) is 2.18. The average Bonchev–Trinajstić information content (AvgIpc) is 2.60. The van der Waals surface area contributed by atoms with Gasteiger partial charge in [0.1, 0.15) is 5.82 Å². The molecule has 2 rings (SSSR count). The van der Waals surface area contributed by atoms with Gasteiger partial charge < -0.3 is 5.32 Å². The molecule has 0 saturated heterocycles. The van der Waals surface area contributed by atoms with Crippen molar-refractivity contribution in [2.45, 2.75) is 11.8 Å². The first-order valence-corrected chi connectivity index (χ1v) is 9.74. The summed E-state index contributed by atoms with van der Waals surface area (Å²) in [5, 5.41) is 5.16. The molecule has 0 fully saturated rings. The summed E-state index contributed by atoms with van der Waals surface area (Å²) in [6.45, 7) is 1.10. The molecule has 0 bridgehead atoms. The lowest BCUT2D eigenvalue weighted by molar-refractivity contribution is -0.117. The fourth-order valence-corrected chi connectivity index (χ4v) is 3.24. The van der Waals surface area contributed by atoms with Crippen LogP contribution in [0.1, 0.15) is 12.5 Å². The Morgan fingerprint density at radius 1 is 1.04 bits per heavy atom. The van der Waals surface area contributed by atoms with Gasteiger partial charge in [0.15, 0.2) is 5.11 Å². The standard InChI is InChI=1S/C18H16FN3O4S2/c1-12(23)22-28(25,26)16-9-7-15(8-10-16)20-18(27)21-17(24)11-4-13-2-5-14(19)6-3-13/h2-11H,1H3,(H,22,23)(H2,20,21,24,27). The van der Waals surface area contributed by atoms with E-state index in [0.29, 0.717) is 11.3 Å². The van der Waals surface area contributed by atoms with Crippen LogP contribution < -0.4 is 15.4 Å². The van der Waals surface area contributed by atoms with Crippen LogP contribution in [0.15, 0.2) is 59.5 Å². The highest BCUT2D eigenvalue weighted by Gasteiger charge is 2.15. The van der Waals surface area contributed by atoms with Gasteiger partial charge in [-0.1, -0.05) is 12.1 Å². The molecule has 0 unspecified atom stereocenters. The largest absolute Gasteiger partial charge is 0.332 e. The van der Waals surface area contributed by atoms with Gasteiger partial charge in [0, 0.05) is 18.7 Å². The Hall–Kier alpha value is -3.11. The molecule has 0 spiro atoms. The molecule has 0 heterocycles. The number of rotatable bonds is 5. The van der Waals surface area contributed by atoms with E-state index >= 15 is 0 Å². The molecule has 146 valence electrons. The van der Waals surface area contributed by atoms with Crippen LogP contribution in [0.5, 0.6) is 0 Å². The number of hydrogen-bond acceptors (Lipinski definition) is 5. The van der Waals surface area contributed by atoms with Crippen molar-refractivity contribution in [1.82, 2.24) is 10.0 Å². The summed E-state index contributed by atoms with van der Waals surface area (Å²) in [6.07, 6.45) is 2.74. The average molecular weight is 421 g/mol. The summed E-state index contributed by atoms with van der Waals surface area (Å²) < 4.78 is 38.4. The van der Waals surface area contributed by atoms with Crippen LogP contribution in [0.3, 0.4) is 0 Å². The van der Waals surface area contributed by atoms with E-state index < -0.39 is 21.8 Å². The first kappa shape index (κ1) is 21.2. The monoisotopic (exact) mass is 421 g/mol. The minimum atomic E-state index is -3.92. The molecule has 2 aromatic rings. The summed E-state index contributed by atoms with van der Waals surface area (Å²) in [5.41, 5.74) is 1.08. The highest BCUT2D eigenvalue weighted by molar-refractivity contribution is 7.90. The van der Waals surface area contributed by atoms with Crippen molar-refractivity contribution < 1.29 is 22.4 Å². The molecule has 0 atom stereocenters. The summed E-state index contributed by atoms with van der Waals surface area (Å²) in [7, 11) is -3.92. The maximum Gasteiger partial charge on any atom is 0.264 e. The molecule has 2 amide bonds. The van der Waals surface area contributed by atoms with Crippen molar-refractivity contribution in [3.8, 4) is 0 Å². The van der Waals surface area contributed by atoms with Gasteiger partial charge in [-0.25, -0.2) is 17.5 Å². The fourth-order valence-electron chi connectivity index (χ4n) is 2.03. The van der Waals surface area contributed by atoms with E-state index in [4.69, 9.17) is 12.2 Å². The number of carbonyl (C=O) groups is 2. The Kier molecular flexibility index (Phi) is 6.96. The number of amides is 2. The highest BCUT2D eigenvalue weighted by Crippen LogP contribution is 2.14. The SMILES string of the molecule is CC(=O)NS(=O)(=O)c1ccc(NC(=S)NC(=O)C=Cc2ccc(F)cc2)cc1. The number of sulfonamides is 1. The Morgan fingerprint density at radius 2 is 1.64 bits per heavy atom. The van der Waals surface area contributed by atoms with Gasteiger partial charge in [0.05, 0.1) is 4.90 Å². The van der Waals surface area contributed by atoms with E-state index in [2.05, 4.69) is 10.6 Å². The van der Waals surface area contributed by atoms with Crippen LogP contribution in [0.2, 0.25) is 0 Å². The van der Waals surface area contributed by atoms with Crippen LogP contribution in [0.25, 0.3) is 6.08 Å². The molecule has 0 aliphatic carbocycles. The van der Waals surface area contributed by atoms with E-state index in [9.17, 15) is 22.4 Å². The highest BCUT2D eigenvalue weighted by atomic mass is 32.2. The minimum absolute atomic E-state index is 0.00576. The first-order valence-electron chi connectivity index (χ1n) is 7.85. The predicted molar refractivity (Wildman–Crippen MR) is 107 cm³/mol. The smallest absolute Gasteiger partial charge is 0.264 e. The van der Waals surface area contributed by atoms with Crippen molar-refractivity contribution in [2.75, 3.05) is 5.32 Å². The Morgan fingerprint density at radius 3 is 2.21 bits per heavy atom. The number of nitrogens with one attached hydrogen (secondary N) is 3. The maximum absolute atomic E-state index is 12.8. The number of carbonyl (C=O) groups excluding carboxylic acids is 2. The number of benzene rings is 2. The maximum atomic E-state index is 12.8. The van der Waals surface area contributed by atoms with E-state index in [-0.39, 0.29) is 15.8 Å². The number of halogens is 1. The molecule has 0 aromatic heterocycles. The van der Waals surface area contributed by atoms with Crippen LogP contribution in [0, 0.1) is 5.82 Å². The fraction of sp³-hybridized carbons (Fsp3) is 0.0556. The normalized spacial score (nSPS) is 11.1. The number of hydrogen-bond donors (Lipinski definition) is 3. The third-order valence-electron chi connectivity index (χ3n) is 3.23. The van der Waals surface area contributed by atoms with Gasteiger partial charge >= 0.3 is 0 Å². The van der Waals surface area contributed by atoms with Gasteiger partial charge in [-0.05, 0) is 60.3 Å². The zero-order chi connectivity index (χ0) is 20.7. The summed E-state index contributed by atoms with van der Waals surface area (Å²) in [4.78, 5) is 22.7. The zero-order valence-electron chi connectivity index (χ0n) is 14.6. The van der Waals surface area contributed by atoms with Gasteiger partial charge in [-0.3, -0.25) is 14.9 Å². The van der Waals surface area contributed by atoms with Gasteiger partial charge in [-0.15, -0.1) is 0 Å². The number of thiocarbonyl (C=S) groups is 1. The Bertz CT molecular complexity index is 1020. The molecule has 28 heavy (non-hydrogen) atoms. The summed E-state index contributed by atoms with van der Waals surface area (Å²) in [5.74, 6) is -1.56. The molecular formula is C18H16FN3O4S2. The van der Waals surface area contributed by atoms with Crippen LogP contribution in [-0.4, -0.2) is 25.3 Å². The Labute approximate surface area is 166 Å². The zero-order valence-corrected chi connectivity index (χ0v) is 16.2. The van der Waals surface area contributed by atoms with E-state index in [0.717, 1.165) is 6.92 Å². The number of anilines is 1. The molecule has 0 aliphatic heterocycles. The lowest BCUT2D eigenvalue weighted by Crippen LogP contribution is -2.32. The third kappa shape index (κ3) is 6.56. The molecule has 3 N–H and O–H groups in total. The lowest BCUT2D eigenvalue weighted by Gasteiger charge is -2.09. The second kappa shape index (κ2) is 9.20. The molecule has 7 nitrogen and oxygen atoms in total. The van der Waals surface area contributed by atoms with Crippen molar-refractivity contribution in [2.24, 2.45) is 0 Å². The van der Waals surface area contributed by atoms with Crippen LogP contribution in [0.4, 0.5) is 10.1 Å². The molecule has 0 aliphatic rings. The van der Waals surface area contributed by atoms with Crippen molar-refractivity contribution in [3.63, 3.8) is 0 Å². The van der Waals surface area contributed by atoms with Crippen molar-refractivity contribution in [1.29, 1.82) is 0 Å². The Balaban J connectivity index is 1.92. The van der Waals surface area contributed by atoms with Crippen LogP contribution in [-0.2, 0) is 19.6 Å². The second-order valence-corrected chi connectivity index (χ2v) is 7.60. The third-order valence-corrected chi connectivity index (χ3v) is 4.89. The molecule has 0 radical (unpaired) electrons. The van der Waals surface area contributed by atoms with Gasteiger partial charge in [0.2, 0.25) is 11.8 Å². The molecule has 2 aromatic carbocycles. The van der Waals surface area contributed by atoms with Crippen molar-refractivity contribution in [3.05, 3.63) is 66.0 Å². The first-order chi connectivity index (χ1) is 13.2. The second-order valence-electron chi connectivity index (χ2n) is 5.51.